The molecule has 2 aromatic rings. The van der Waals surface area contributed by atoms with Gasteiger partial charge in [-0.2, -0.15) is 0 Å². The molecule has 7 heteroatoms. The van der Waals surface area contributed by atoms with Crippen molar-refractivity contribution in [1.82, 2.24) is 4.98 Å². The molecule has 2 rings (SSSR count). The van der Waals surface area contributed by atoms with E-state index in [1.54, 1.807) is 24.4 Å². The summed E-state index contributed by atoms with van der Waals surface area (Å²) in [6, 6.07) is 3.26. The van der Waals surface area contributed by atoms with Crippen LogP contribution in [0.15, 0.2) is 42.3 Å². The molecule has 0 aliphatic carbocycles. The highest BCUT2D eigenvalue weighted by Crippen LogP contribution is 2.40. The number of ether oxygens (including phenoxy) is 3. The number of rotatable bonds is 9. The van der Waals surface area contributed by atoms with E-state index < -0.39 is 5.78 Å². The first-order chi connectivity index (χ1) is 13.9. The van der Waals surface area contributed by atoms with Gasteiger partial charge in [-0.25, -0.2) is 0 Å². The third-order valence-corrected chi connectivity index (χ3v) is 4.20. The van der Waals surface area contributed by atoms with Crippen molar-refractivity contribution in [2.45, 2.75) is 20.3 Å². The zero-order chi connectivity index (χ0) is 21.4. The number of phenolic OH excluding ortho intramolecular Hbond substituents is 1. The number of hydrogen-bond acceptors (Lipinski definition) is 6. The maximum absolute atomic E-state index is 12.9. The van der Waals surface area contributed by atoms with Gasteiger partial charge in [0.1, 0.15) is 22.8 Å². The smallest absolute Gasteiger partial charge is 0.193 e. The van der Waals surface area contributed by atoms with Crippen molar-refractivity contribution < 1.29 is 24.1 Å². The summed E-state index contributed by atoms with van der Waals surface area (Å²) >= 11 is 5.92. The fraction of sp³-hybridized carbons (Fsp3) is 0.273. The van der Waals surface area contributed by atoms with Crippen LogP contribution in [0.5, 0.6) is 17.2 Å². The first-order valence-corrected chi connectivity index (χ1v) is 9.26. The number of halogens is 1. The number of nitrogens with zero attached hydrogens (tertiary/aromatic N) is 1. The normalized spacial score (nSPS) is 10.8. The second-order valence-corrected chi connectivity index (χ2v) is 6.89. The van der Waals surface area contributed by atoms with Crippen molar-refractivity contribution in [2.75, 3.05) is 21.0 Å². The van der Waals surface area contributed by atoms with Crippen LogP contribution < -0.4 is 9.47 Å². The minimum absolute atomic E-state index is 0.000617. The van der Waals surface area contributed by atoms with Gasteiger partial charge in [-0.3, -0.25) is 9.78 Å². The number of phenols is 1. The predicted octanol–water partition coefficient (Wildman–Crippen LogP) is 4.84. The summed E-state index contributed by atoms with van der Waals surface area (Å²) in [6.07, 6.45) is 8.32. The molecule has 0 spiro atoms. The fourth-order valence-corrected chi connectivity index (χ4v) is 2.77. The molecular weight excluding hydrogens is 394 g/mol. The summed E-state index contributed by atoms with van der Waals surface area (Å²) in [5.41, 5.74) is 2.26. The Morgan fingerprint density at radius 3 is 2.59 bits per heavy atom. The van der Waals surface area contributed by atoms with Crippen LogP contribution in [-0.4, -0.2) is 36.9 Å². The number of hydrogen-bond donors (Lipinski definition) is 1. The first kappa shape index (κ1) is 22.5. The van der Waals surface area contributed by atoms with E-state index in [4.69, 9.17) is 25.8 Å². The quantitative estimate of drug-likeness (QED) is 0.272. The molecule has 1 N–H and O–H groups in total. The van der Waals surface area contributed by atoms with Gasteiger partial charge in [0.05, 0.1) is 12.1 Å². The molecule has 0 amide bonds. The Kier molecular flexibility index (Phi) is 8.24. The van der Waals surface area contributed by atoms with Crippen LogP contribution in [0.4, 0.5) is 0 Å². The number of carbonyl (C=O) groups is 1. The van der Waals surface area contributed by atoms with Crippen LogP contribution in [0, 0.1) is 0 Å². The van der Waals surface area contributed by atoms with E-state index >= 15 is 0 Å². The number of carbonyl (C=O) groups excluding carboxylic acids is 1. The number of pyridine rings is 1. The molecule has 0 radical (unpaired) electrons. The van der Waals surface area contributed by atoms with E-state index in [0.29, 0.717) is 28.3 Å². The highest BCUT2D eigenvalue weighted by Gasteiger charge is 2.23. The predicted molar refractivity (Wildman–Crippen MR) is 113 cm³/mol. The van der Waals surface area contributed by atoms with E-state index in [-0.39, 0.29) is 23.9 Å². The largest absolute Gasteiger partial charge is 0.507 e. The van der Waals surface area contributed by atoms with Crippen molar-refractivity contribution in [3.05, 3.63) is 64.0 Å². The van der Waals surface area contributed by atoms with Gasteiger partial charge in [-0.1, -0.05) is 23.3 Å². The van der Waals surface area contributed by atoms with Crippen molar-refractivity contribution in [2.24, 2.45) is 0 Å². The lowest BCUT2D eigenvalue weighted by Gasteiger charge is -2.17. The summed E-state index contributed by atoms with van der Waals surface area (Å²) < 4.78 is 15.9. The molecule has 0 saturated carbocycles. The molecule has 1 aromatic carbocycles. The lowest BCUT2D eigenvalue weighted by Crippen LogP contribution is -2.07. The molecule has 0 aliphatic heterocycles. The Balaban J connectivity index is 2.49. The average molecular weight is 418 g/mol. The Bertz CT molecular complexity index is 933. The molecule has 154 valence electrons. The molecule has 29 heavy (non-hydrogen) atoms. The lowest BCUT2D eigenvalue weighted by atomic mass is 9.99. The summed E-state index contributed by atoms with van der Waals surface area (Å²) in [4.78, 5) is 16.8. The number of aromatic nitrogens is 1. The average Bonchev–Trinajstić information content (AvgIpc) is 2.69. The summed E-state index contributed by atoms with van der Waals surface area (Å²) in [6.45, 7) is 3.90. The van der Waals surface area contributed by atoms with Crippen LogP contribution in [0.25, 0.3) is 6.08 Å². The van der Waals surface area contributed by atoms with Crippen LogP contribution in [0.3, 0.4) is 0 Å². The van der Waals surface area contributed by atoms with Gasteiger partial charge in [-0.05, 0) is 44.1 Å². The standard InChI is InChI=1S/C22H24ClNO5/c1-14(2)5-7-17-19(29-13-27-3)10-20(28-4)21(22(17)26)18(25)8-6-15-9-16(23)12-24-11-15/h5-6,8-12,26H,7,13H2,1-4H3/b8-6+. The van der Waals surface area contributed by atoms with Crippen LogP contribution in [0.2, 0.25) is 5.02 Å². The number of methoxy groups -OCH3 is 2. The zero-order valence-electron chi connectivity index (χ0n) is 16.9. The lowest BCUT2D eigenvalue weighted by molar-refractivity contribution is 0.0502. The Morgan fingerprint density at radius 2 is 1.97 bits per heavy atom. The van der Waals surface area contributed by atoms with Gasteiger partial charge in [0.25, 0.3) is 0 Å². The monoisotopic (exact) mass is 417 g/mol. The topological polar surface area (TPSA) is 77.9 Å². The summed E-state index contributed by atoms with van der Waals surface area (Å²) in [5.74, 6) is -0.0189. The van der Waals surface area contributed by atoms with Crippen LogP contribution in [0.1, 0.15) is 35.3 Å². The molecule has 0 unspecified atom stereocenters. The summed E-state index contributed by atoms with van der Waals surface area (Å²) in [7, 11) is 2.92. The van der Waals surface area contributed by atoms with Gasteiger partial charge in [0.2, 0.25) is 0 Å². The first-order valence-electron chi connectivity index (χ1n) is 8.88. The number of ketones is 1. The third-order valence-electron chi connectivity index (χ3n) is 3.99. The second kappa shape index (κ2) is 10.6. The molecule has 0 bridgehead atoms. The summed E-state index contributed by atoms with van der Waals surface area (Å²) in [5, 5.41) is 11.3. The second-order valence-electron chi connectivity index (χ2n) is 6.45. The van der Waals surface area contributed by atoms with Crippen LogP contribution >= 0.6 is 11.6 Å². The van der Waals surface area contributed by atoms with Crippen molar-refractivity contribution in [3.63, 3.8) is 0 Å². The number of aromatic hydroxyl groups is 1. The molecule has 6 nitrogen and oxygen atoms in total. The molecule has 0 saturated heterocycles. The van der Waals surface area contributed by atoms with Gasteiger partial charge < -0.3 is 19.3 Å². The maximum atomic E-state index is 12.9. The molecule has 0 fully saturated rings. The molecule has 0 aliphatic rings. The Morgan fingerprint density at radius 1 is 1.21 bits per heavy atom. The minimum Gasteiger partial charge on any atom is -0.507 e. The van der Waals surface area contributed by atoms with Crippen LogP contribution in [-0.2, 0) is 11.2 Å². The minimum atomic E-state index is -0.420. The van der Waals surface area contributed by atoms with Gasteiger partial charge >= 0.3 is 0 Å². The molecule has 1 aromatic heterocycles. The Hall–Kier alpha value is -2.83. The number of benzene rings is 1. The van der Waals surface area contributed by atoms with Crippen molar-refractivity contribution >= 4 is 23.5 Å². The Labute approximate surface area is 175 Å². The van der Waals surface area contributed by atoms with E-state index in [2.05, 4.69) is 4.98 Å². The zero-order valence-corrected chi connectivity index (χ0v) is 17.6. The molecule has 0 atom stereocenters. The highest BCUT2D eigenvalue weighted by atomic mass is 35.5. The third kappa shape index (κ3) is 6.07. The van der Waals surface area contributed by atoms with Gasteiger partial charge in [0, 0.05) is 31.1 Å². The van der Waals surface area contributed by atoms with E-state index in [1.807, 2.05) is 19.9 Å². The van der Waals surface area contributed by atoms with E-state index in [0.717, 1.165) is 5.57 Å². The van der Waals surface area contributed by atoms with Gasteiger partial charge in [-0.15, -0.1) is 0 Å². The molecular formula is C22H24ClNO5. The van der Waals surface area contributed by atoms with Crippen molar-refractivity contribution in [1.29, 1.82) is 0 Å². The van der Waals surface area contributed by atoms with E-state index in [9.17, 15) is 9.90 Å². The molecule has 1 heterocycles. The van der Waals surface area contributed by atoms with Gasteiger partial charge in [0.15, 0.2) is 12.6 Å². The number of allylic oxidation sites excluding steroid dienone is 3. The van der Waals surface area contributed by atoms with E-state index in [1.165, 1.54) is 26.5 Å². The SMILES string of the molecule is COCOc1cc(OC)c(C(=O)/C=C/c2cncc(Cl)c2)c(O)c1CC=C(C)C. The van der Waals surface area contributed by atoms with Crippen molar-refractivity contribution in [3.8, 4) is 17.2 Å². The highest BCUT2D eigenvalue weighted by molar-refractivity contribution is 6.30. The maximum Gasteiger partial charge on any atom is 0.193 e. The fourth-order valence-electron chi connectivity index (χ4n) is 2.59.